The maximum absolute atomic E-state index is 11.7. The lowest BCUT2D eigenvalue weighted by Crippen LogP contribution is -2.57. The van der Waals surface area contributed by atoms with Crippen LogP contribution in [0.2, 0.25) is 0 Å². The SMILES string of the molecule is C[C@]12CC[C@H]3[C@@H](CCC4CC(=O)C=C[C@@]43O)[C@@H]1C[C@H]1O[C@H]12. The van der Waals surface area contributed by atoms with Gasteiger partial charge in [0, 0.05) is 6.42 Å². The van der Waals surface area contributed by atoms with Gasteiger partial charge in [-0.05, 0) is 73.3 Å². The van der Waals surface area contributed by atoms with Gasteiger partial charge in [-0.1, -0.05) is 6.92 Å². The van der Waals surface area contributed by atoms with E-state index < -0.39 is 5.60 Å². The first-order chi connectivity index (χ1) is 10.0. The molecule has 0 amide bonds. The molecule has 3 nitrogen and oxygen atoms in total. The summed E-state index contributed by atoms with van der Waals surface area (Å²) in [5.74, 6) is 2.05. The largest absolute Gasteiger partial charge is 0.385 e. The molecule has 0 aromatic rings. The molecule has 1 unspecified atom stereocenters. The Bertz CT molecular complexity index is 541. The third-order valence-corrected chi connectivity index (χ3v) is 7.67. The Hall–Kier alpha value is -0.670. The number of ketones is 1. The Balaban J connectivity index is 1.51. The number of hydrogen-bond donors (Lipinski definition) is 1. The second kappa shape index (κ2) is 3.80. The highest BCUT2D eigenvalue weighted by molar-refractivity contribution is 5.91. The van der Waals surface area contributed by atoms with Gasteiger partial charge in [-0.15, -0.1) is 0 Å². The van der Waals surface area contributed by atoms with E-state index in [1.54, 1.807) is 6.08 Å². The number of carbonyl (C=O) groups is 1. The van der Waals surface area contributed by atoms with Crippen LogP contribution in [0.3, 0.4) is 0 Å². The molecule has 0 aromatic heterocycles. The molecule has 0 bridgehead atoms. The van der Waals surface area contributed by atoms with E-state index in [1.807, 2.05) is 6.08 Å². The van der Waals surface area contributed by atoms with Crippen molar-refractivity contribution in [3.8, 4) is 0 Å². The number of fused-ring (bicyclic) bond motifs is 7. The summed E-state index contributed by atoms with van der Waals surface area (Å²) in [5, 5.41) is 11.3. The molecule has 4 fully saturated rings. The molecule has 4 aliphatic carbocycles. The lowest BCUT2D eigenvalue weighted by molar-refractivity contribution is -0.149. The third kappa shape index (κ3) is 1.49. The van der Waals surface area contributed by atoms with Crippen LogP contribution in [0.4, 0.5) is 0 Å². The van der Waals surface area contributed by atoms with E-state index in [9.17, 15) is 9.90 Å². The summed E-state index contributed by atoms with van der Waals surface area (Å²) in [6.07, 6.45) is 10.7. The average Bonchev–Trinajstić information content (AvgIpc) is 3.17. The van der Waals surface area contributed by atoms with Gasteiger partial charge >= 0.3 is 0 Å². The molecule has 1 saturated heterocycles. The summed E-state index contributed by atoms with van der Waals surface area (Å²) in [5.41, 5.74) is -0.366. The van der Waals surface area contributed by atoms with E-state index in [1.165, 1.54) is 19.3 Å². The molecule has 0 aromatic carbocycles. The van der Waals surface area contributed by atoms with Crippen LogP contribution in [0, 0.1) is 29.1 Å². The molecular weight excluding hydrogens is 264 g/mol. The van der Waals surface area contributed by atoms with Crippen molar-refractivity contribution in [2.45, 2.75) is 63.3 Å². The zero-order valence-corrected chi connectivity index (χ0v) is 12.6. The van der Waals surface area contributed by atoms with Crippen molar-refractivity contribution in [2.75, 3.05) is 0 Å². The van der Waals surface area contributed by atoms with Crippen LogP contribution in [0.15, 0.2) is 12.2 Å². The zero-order valence-electron chi connectivity index (χ0n) is 12.6. The van der Waals surface area contributed by atoms with Gasteiger partial charge in [0.15, 0.2) is 5.78 Å². The molecule has 3 saturated carbocycles. The monoisotopic (exact) mass is 288 g/mol. The highest BCUT2D eigenvalue weighted by atomic mass is 16.6. The van der Waals surface area contributed by atoms with E-state index >= 15 is 0 Å². The van der Waals surface area contributed by atoms with Crippen molar-refractivity contribution < 1.29 is 14.6 Å². The van der Waals surface area contributed by atoms with Gasteiger partial charge in [0.05, 0.1) is 17.8 Å². The quantitative estimate of drug-likeness (QED) is 0.697. The number of epoxide rings is 1. The van der Waals surface area contributed by atoms with Crippen LogP contribution in [-0.2, 0) is 9.53 Å². The number of hydrogen-bond acceptors (Lipinski definition) is 3. The normalized spacial score (nSPS) is 60.8. The molecule has 5 rings (SSSR count). The maximum atomic E-state index is 11.7. The second-order valence-corrected chi connectivity index (χ2v) is 8.42. The van der Waals surface area contributed by atoms with Crippen molar-refractivity contribution in [3.05, 3.63) is 12.2 Å². The summed E-state index contributed by atoms with van der Waals surface area (Å²) in [6.45, 7) is 2.42. The minimum absolute atomic E-state index is 0.160. The van der Waals surface area contributed by atoms with Crippen molar-refractivity contribution in [1.29, 1.82) is 0 Å². The molecular formula is C18H24O3. The van der Waals surface area contributed by atoms with Crippen molar-refractivity contribution in [3.63, 3.8) is 0 Å². The molecule has 21 heavy (non-hydrogen) atoms. The predicted octanol–water partition coefficient (Wildman–Crippen LogP) is 2.48. The molecule has 3 heteroatoms. The molecule has 5 aliphatic rings. The molecule has 0 radical (unpaired) electrons. The van der Waals surface area contributed by atoms with Crippen LogP contribution in [-0.4, -0.2) is 28.7 Å². The van der Waals surface area contributed by atoms with Crippen molar-refractivity contribution >= 4 is 5.78 Å². The van der Waals surface area contributed by atoms with Gasteiger partial charge in [-0.3, -0.25) is 4.79 Å². The first-order valence-corrected chi connectivity index (χ1v) is 8.62. The number of allylic oxidation sites excluding steroid dienone is 1. The Kier molecular flexibility index (Phi) is 2.32. The fraction of sp³-hybridized carbons (Fsp3) is 0.833. The van der Waals surface area contributed by atoms with Gasteiger partial charge in [-0.2, -0.15) is 0 Å². The third-order valence-electron chi connectivity index (χ3n) is 7.67. The minimum atomic E-state index is -0.716. The second-order valence-electron chi connectivity index (χ2n) is 8.42. The molecule has 0 spiro atoms. The molecule has 114 valence electrons. The van der Waals surface area contributed by atoms with Gasteiger partial charge in [-0.25, -0.2) is 0 Å². The van der Waals surface area contributed by atoms with Crippen LogP contribution in [0.5, 0.6) is 0 Å². The molecule has 1 heterocycles. The zero-order chi connectivity index (χ0) is 14.4. The molecule has 1 aliphatic heterocycles. The van der Waals surface area contributed by atoms with E-state index in [2.05, 4.69) is 6.92 Å². The summed E-state index contributed by atoms with van der Waals surface area (Å²) >= 11 is 0. The number of ether oxygens (including phenoxy) is 1. The van der Waals surface area contributed by atoms with Crippen LogP contribution >= 0.6 is 0 Å². The fourth-order valence-corrected chi connectivity index (χ4v) is 6.55. The van der Waals surface area contributed by atoms with Crippen molar-refractivity contribution in [2.24, 2.45) is 29.1 Å². The summed E-state index contributed by atoms with van der Waals surface area (Å²) in [7, 11) is 0. The number of carbonyl (C=O) groups excluding carboxylic acids is 1. The highest BCUT2D eigenvalue weighted by Gasteiger charge is 2.68. The Morgan fingerprint density at radius 3 is 3.00 bits per heavy atom. The minimum Gasteiger partial charge on any atom is -0.385 e. The Labute approximate surface area is 125 Å². The van der Waals surface area contributed by atoms with E-state index in [-0.39, 0.29) is 11.7 Å². The van der Waals surface area contributed by atoms with E-state index in [0.29, 0.717) is 35.9 Å². The van der Waals surface area contributed by atoms with Gasteiger partial charge in [0.2, 0.25) is 0 Å². The van der Waals surface area contributed by atoms with Gasteiger partial charge in [0.1, 0.15) is 0 Å². The lowest BCUT2D eigenvalue weighted by Gasteiger charge is -2.57. The first kappa shape index (κ1) is 12.8. The Morgan fingerprint density at radius 2 is 2.14 bits per heavy atom. The summed E-state index contributed by atoms with van der Waals surface area (Å²) in [4.78, 5) is 11.7. The van der Waals surface area contributed by atoms with Crippen molar-refractivity contribution in [1.82, 2.24) is 0 Å². The van der Waals surface area contributed by atoms with Crippen LogP contribution < -0.4 is 0 Å². The van der Waals surface area contributed by atoms with E-state index in [4.69, 9.17) is 4.74 Å². The van der Waals surface area contributed by atoms with E-state index in [0.717, 1.165) is 18.8 Å². The summed E-state index contributed by atoms with van der Waals surface area (Å²) in [6, 6.07) is 0. The lowest BCUT2D eigenvalue weighted by atomic mass is 9.50. The topological polar surface area (TPSA) is 49.8 Å². The first-order valence-electron chi connectivity index (χ1n) is 8.62. The number of aliphatic hydroxyl groups is 1. The molecule has 8 atom stereocenters. The highest BCUT2D eigenvalue weighted by Crippen LogP contribution is 2.67. The van der Waals surface area contributed by atoms with Gasteiger partial charge in [0.25, 0.3) is 0 Å². The Morgan fingerprint density at radius 1 is 1.29 bits per heavy atom. The standard InChI is InChI=1S/C18H24O3/c1-17-6-5-13-12(14(17)9-15-16(17)21-15)3-2-10-8-11(19)4-7-18(10,13)20/h4,7,10,12-16,20H,2-3,5-6,8-9H2,1H3/t10?,12-,13+,14+,15-,16-,17+,18-/m1/s1. The van der Waals surface area contributed by atoms with Crippen LogP contribution in [0.25, 0.3) is 0 Å². The predicted molar refractivity (Wildman–Crippen MR) is 77.5 cm³/mol. The maximum Gasteiger partial charge on any atom is 0.155 e. The smallest absolute Gasteiger partial charge is 0.155 e. The van der Waals surface area contributed by atoms with Crippen LogP contribution in [0.1, 0.15) is 45.4 Å². The number of rotatable bonds is 0. The fourth-order valence-electron chi connectivity index (χ4n) is 6.55. The summed E-state index contributed by atoms with van der Waals surface area (Å²) < 4.78 is 5.83. The van der Waals surface area contributed by atoms with Gasteiger partial charge < -0.3 is 9.84 Å². The molecule has 1 N–H and O–H groups in total. The average molecular weight is 288 g/mol.